The van der Waals surface area contributed by atoms with Crippen LogP contribution in [0.4, 0.5) is 11.4 Å². The van der Waals surface area contributed by atoms with E-state index in [2.05, 4.69) is 17.4 Å². The van der Waals surface area contributed by atoms with Crippen molar-refractivity contribution in [3.63, 3.8) is 0 Å². The molecule has 5 rings (SSSR count). The van der Waals surface area contributed by atoms with Gasteiger partial charge in [0.1, 0.15) is 0 Å². The lowest BCUT2D eigenvalue weighted by atomic mass is 9.75. The Morgan fingerprint density at radius 3 is 2.48 bits per heavy atom. The third kappa shape index (κ3) is 2.68. The standard InChI is InChI=1S/C23H18N2O4/c26-23(27)14-9-10-19-17(12-14)21-15-6-2-1-5-13(15)11-18(21)22(24-19)16-7-3-4-8-20(16)25(28)29/h1-10,12,18,21-22,24H,11H2,(H,26,27)/t18-,21-,22-/m0/s1. The molecular formula is C23H18N2O4. The molecule has 0 spiro atoms. The van der Waals surface area contributed by atoms with E-state index in [9.17, 15) is 20.0 Å². The number of hydrogen-bond acceptors (Lipinski definition) is 4. The molecule has 29 heavy (non-hydrogen) atoms. The molecule has 6 heteroatoms. The molecule has 1 heterocycles. The van der Waals surface area contributed by atoms with E-state index in [4.69, 9.17) is 0 Å². The predicted octanol–water partition coefficient (Wildman–Crippen LogP) is 4.76. The van der Waals surface area contributed by atoms with Gasteiger partial charge in [0.2, 0.25) is 0 Å². The number of nitro benzene ring substituents is 1. The third-order valence-corrected chi connectivity index (χ3v) is 6.12. The van der Waals surface area contributed by atoms with Crippen molar-refractivity contribution >= 4 is 17.3 Å². The van der Waals surface area contributed by atoms with Crippen LogP contribution in [0.1, 0.15) is 44.6 Å². The highest BCUT2D eigenvalue weighted by Crippen LogP contribution is 2.54. The zero-order chi connectivity index (χ0) is 20.1. The van der Waals surface area contributed by atoms with Gasteiger partial charge in [-0.3, -0.25) is 10.1 Å². The Morgan fingerprint density at radius 1 is 1.00 bits per heavy atom. The van der Waals surface area contributed by atoms with Gasteiger partial charge in [0.15, 0.2) is 0 Å². The number of nitrogens with zero attached hydrogens (tertiary/aromatic N) is 1. The number of aromatic carboxylic acids is 1. The van der Waals surface area contributed by atoms with Crippen LogP contribution in [0, 0.1) is 16.0 Å². The summed E-state index contributed by atoms with van der Waals surface area (Å²) < 4.78 is 0. The molecule has 2 aliphatic rings. The minimum atomic E-state index is -0.962. The number of anilines is 1. The van der Waals surface area contributed by atoms with Gasteiger partial charge in [-0.05, 0) is 47.2 Å². The largest absolute Gasteiger partial charge is 0.478 e. The summed E-state index contributed by atoms with van der Waals surface area (Å²) in [5.41, 5.74) is 5.16. The van der Waals surface area contributed by atoms with Gasteiger partial charge in [0, 0.05) is 17.7 Å². The van der Waals surface area contributed by atoms with Crippen molar-refractivity contribution in [2.45, 2.75) is 18.4 Å². The van der Waals surface area contributed by atoms with Crippen molar-refractivity contribution < 1.29 is 14.8 Å². The van der Waals surface area contributed by atoms with E-state index in [1.807, 2.05) is 24.3 Å². The maximum Gasteiger partial charge on any atom is 0.335 e. The topological polar surface area (TPSA) is 92.5 Å². The first-order valence-electron chi connectivity index (χ1n) is 9.49. The zero-order valence-corrected chi connectivity index (χ0v) is 15.4. The molecule has 0 aromatic heterocycles. The first-order chi connectivity index (χ1) is 14.0. The molecule has 1 aliphatic carbocycles. The second-order valence-corrected chi connectivity index (χ2v) is 7.59. The highest BCUT2D eigenvalue weighted by atomic mass is 16.6. The fourth-order valence-corrected chi connectivity index (χ4v) is 4.92. The molecule has 3 aromatic carbocycles. The van der Waals surface area contributed by atoms with E-state index < -0.39 is 5.97 Å². The maximum atomic E-state index is 11.7. The van der Waals surface area contributed by atoms with Gasteiger partial charge in [-0.2, -0.15) is 0 Å². The molecule has 0 saturated carbocycles. The molecule has 0 fully saturated rings. The Bertz CT molecular complexity index is 1160. The molecule has 0 amide bonds. The molecule has 0 unspecified atom stereocenters. The van der Waals surface area contributed by atoms with Gasteiger partial charge in [0.05, 0.1) is 22.1 Å². The van der Waals surface area contributed by atoms with Gasteiger partial charge in [-0.15, -0.1) is 0 Å². The van der Waals surface area contributed by atoms with Gasteiger partial charge in [0.25, 0.3) is 5.69 Å². The summed E-state index contributed by atoms with van der Waals surface area (Å²) in [5.74, 6) is -0.909. The zero-order valence-electron chi connectivity index (χ0n) is 15.4. The van der Waals surface area contributed by atoms with E-state index >= 15 is 0 Å². The highest BCUT2D eigenvalue weighted by molar-refractivity contribution is 5.89. The van der Waals surface area contributed by atoms with Crippen molar-refractivity contribution in [2.24, 2.45) is 5.92 Å². The molecule has 3 aromatic rings. The van der Waals surface area contributed by atoms with Crippen LogP contribution < -0.4 is 5.32 Å². The molecule has 3 atom stereocenters. The van der Waals surface area contributed by atoms with Crippen LogP contribution in [0.25, 0.3) is 0 Å². The normalized spacial score (nSPS) is 21.4. The van der Waals surface area contributed by atoms with E-state index in [0.29, 0.717) is 5.56 Å². The quantitative estimate of drug-likeness (QED) is 0.500. The summed E-state index contributed by atoms with van der Waals surface area (Å²) in [7, 11) is 0. The molecule has 2 N–H and O–H groups in total. The fraction of sp³-hybridized carbons (Fsp3) is 0.174. The van der Waals surface area contributed by atoms with Crippen molar-refractivity contribution in [1.29, 1.82) is 0 Å². The molecule has 144 valence electrons. The number of hydrogen-bond donors (Lipinski definition) is 2. The SMILES string of the molecule is O=C(O)c1ccc2c(c1)[C@@H]1c3ccccc3C[C@@H]1[C@H](c1ccccc1[N+](=O)[O-])N2. The number of rotatable bonds is 3. The lowest BCUT2D eigenvalue weighted by Gasteiger charge is -2.37. The van der Waals surface area contributed by atoms with Crippen LogP contribution in [0.3, 0.4) is 0 Å². The van der Waals surface area contributed by atoms with Crippen molar-refractivity contribution in [3.05, 3.63) is 105 Å². The molecule has 0 radical (unpaired) electrons. The number of nitro groups is 1. The molecule has 6 nitrogen and oxygen atoms in total. The van der Waals surface area contributed by atoms with Crippen molar-refractivity contribution in [2.75, 3.05) is 5.32 Å². The Balaban J connectivity index is 1.71. The first-order valence-corrected chi connectivity index (χ1v) is 9.49. The fourth-order valence-electron chi connectivity index (χ4n) is 4.92. The monoisotopic (exact) mass is 386 g/mol. The third-order valence-electron chi connectivity index (χ3n) is 6.12. The van der Waals surface area contributed by atoms with E-state index in [0.717, 1.165) is 17.7 Å². The second-order valence-electron chi connectivity index (χ2n) is 7.59. The van der Waals surface area contributed by atoms with Crippen LogP contribution in [0.5, 0.6) is 0 Å². The highest BCUT2D eigenvalue weighted by Gasteiger charge is 2.45. The first kappa shape index (κ1) is 17.4. The second kappa shape index (κ2) is 6.44. The number of carboxylic acids is 1. The summed E-state index contributed by atoms with van der Waals surface area (Å²) in [5, 5.41) is 24.6. The van der Waals surface area contributed by atoms with Crippen molar-refractivity contribution in [3.8, 4) is 0 Å². The summed E-state index contributed by atoms with van der Waals surface area (Å²) >= 11 is 0. The Labute approximate surface area is 167 Å². The Morgan fingerprint density at radius 2 is 1.72 bits per heavy atom. The van der Waals surface area contributed by atoms with Gasteiger partial charge in [-0.25, -0.2) is 4.79 Å². The van der Waals surface area contributed by atoms with Gasteiger partial charge >= 0.3 is 5.97 Å². The summed E-state index contributed by atoms with van der Waals surface area (Å²) in [6.45, 7) is 0. The Hall–Kier alpha value is -3.67. The van der Waals surface area contributed by atoms with Crippen LogP contribution in [0.15, 0.2) is 66.7 Å². The smallest absolute Gasteiger partial charge is 0.335 e. The van der Waals surface area contributed by atoms with Crippen LogP contribution >= 0.6 is 0 Å². The number of carbonyl (C=O) groups is 1. The van der Waals surface area contributed by atoms with Gasteiger partial charge in [-0.1, -0.05) is 42.5 Å². The molecule has 1 aliphatic heterocycles. The average molecular weight is 386 g/mol. The van der Waals surface area contributed by atoms with E-state index in [-0.39, 0.29) is 34.1 Å². The van der Waals surface area contributed by atoms with E-state index in [1.54, 1.807) is 24.3 Å². The summed E-state index contributed by atoms with van der Waals surface area (Å²) in [6, 6.07) is 19.9. The molecule has 0 bridgehead atoms. The number of benzene rings is 3. The minimum Gasteiger partial charge on any atom is -0.478 e. The maximum absolute atomic E-state index is 11.7. The lowest BCUT2D eigenvalue weighted by Crippen LogP contribution is -2.31. The van der Waals surface area contributed by atoms with Gasteiger partial charge < -0.3 is 10.4 Å². The van der Waals surface area contributed by atoms with Crippen LogP contribution in [-0.4, -0.2) is 16.0 Å². The van der Waals surface area contributed by atoms with Crippen LogP contribution in [0.2, 0.25) is 0 Å². The van der Waals surface area contributed by atoms with E-state index in [1.165, 1.54) is 17.2 Å². The van der Waals surface area contributed by atoms with Crippen LogP contribution in [-0.2, 0) is 6.42 Å². The predicted molar refractivity (Wildman–Crippen MR) is 108 cm³/mol. The molecular weight excluding hydrogens is 368 g/mol. The number of para-hydroxylation sites is 1. The van der Waals surface area contributed by atoms with Crippen molar-refractivity contribution in [1.82, 2.24) is 0 Å². The Kier molecular flexibility index (Phi) is 3.87. The average Bonchev–Trinajstić information content (AvgIpc) is 3.12. The summed E-state index contributed by atoms with van der Waals surface area (Å²) in [4.78, 5) is 22.9. The summed E-state index contributed by atoms with van der Waals surface area (Å²) in [6.07, 6.45) is 0.779. The molecule has 0 saturated heterocycles. The lowest BCUT2D eigenvalue weighted by molar-refractivity contribution is -0.385. The number of nitrogens with one attached hydrogen (secondary N) is 1. The number of carboxylic acid groups (broad SMARTS) is 1. The number of fused-ring (bicyclic) bond motifs is 5. The minimum absolute atomic E-state index is 0.00781.